The molecule has 0 aliphatic heterocycles. The first-order valence-corrected chi connectivity index (χ1v) is 4.53. The van der Waals surface area contributed by atoms with Crippen LogP contribution < -0.4 is 5.73 Å². The van der Waals surface area contributed by atoms with Gasteiger partial charge in [0.05, 0.1) is 12.2 Å². The van der Waals surface area contributed by atoms with Crippen LogP contribution in [0.2, 0.25) is 0 Å². The molecule has 84 valence electrons. The topological polar surface area (TPSA) is 81.8 Å². The van der Waals surface area contributed by atoms with Crippen LogP contribution in [0.15, 0.2) is 0 Å². The molecule has 0 rings (SSSR count). The first-order valence-electron chi connectivity index (χ1n) is 4.53. The average Bonchev–Trinajstić information content (AvgIpc) is 2.16. The number of nitrogens with two attached hydrogens (primary N) is 1. The van der Waals surface area contributed by atoms with E-state index in [9.17, 15) is 4.79 Å². The first kappa shape index (κ1) is 13.4. The number of rotatable bonds is 6. The fourth-order valence-corrected chi connectivity index (χ4v) is 0.692. The highest BCUT2D eigenvalue weighted by molar-refractivity contribution is 5.74. The van der Waals surface area contributed by atoms with Gasteiger partial charge in [-0.2, -0.15) is 0 Å². The smallest absolute Gasteiger partial charge is 0.336 e. The highest BCUT2D eigenvalue weighted by Crippen LogP contribution is 2.12. The van der Waals surface area contributed by atoms with Crippen molar-refractivity contribution in [1.82, 2.24) is 0 Å². The van der Waals surface area contributed by atoms with Crippen LogP contribution in [0, 0.1) is 0 Å². The predicted molar refractivity (Wildman–Crippen MR) is 51.7 cm³/mol. The third-order valence-electron chi connectivity index (χ3n) is 2.00. The Morgan fingerprint density at radius 2 is 2.14 bits per heavy atom. The summed E-state index contributed by atoms with van der Waals surface area (Å²) in [7, 11) is 1.59. The molecule has 1 atom stereocenters. The fourth-order valence-electron chi connectivity index (χ4n) is 0.692. The summed E-state index contributed by atoms with van der Waals surface area (Å²) >= 11 is 0. The minimum absolute atomic E-state index is 0.119. The lowest BCUT2D eigenvalue weighted by Crippen LogP contribution is -2.32. The zero-order chi connectivity index (χ0) is 11.2. The van der Waals surface area contributed by atoms with Crippen molar-refractivity contribution in [3.8, 4) is 0 Å². The molecule has 0 radical (unpaired) electrons. The summed E-state index contributed by atoms with van der Waals surface area (Å²) < 4.78 is 9.91. The van der Waals surface area contributed by atoms with Gasteiger partial charge < -0.3 is 20.3 Å². The number of methoxy groups -OCH3 is 1. The molecule has 0 heterocycles. The number of hydrogen-bond acceptors (Lipinski definition) is 5. The van der Waals surface area contributed by atoms with Crippen LogP contribution in [-0.4, -0.2) is 43.0 Å². The van der Waals surface area contributed by atoms with Crippen LogP contribution in [0.4, 0.5) is 0 Å². The quantitative estimate of drug-likeness (QED) is 0.580. The van der Waals surface area contributed by atoms with Gasteiger partial charge in [0.15, 0.2) is 6.10 Å². The number of aliphatic hydroxyl groups excluding tert-OH is 1. The maximum atomic E-state index is 11.0. The summed E-state index contributed by atoms with van der Waals surface area (Å²) in [5.74, 6) is -0.681. The molecule has 5 nitrogen and oxygen atoms in total. The standard InChI is InChI=1S/C9H19NO4/c1-9(2,13-3)4-5-14-8(12)7(11)6-10/h7,11H,4-6,10H2,1-3H3/t7-/m0/s1. The largest absolute Gasteiger partial charge is 0.464 e. The SMILES string of the molecule is COC(C)(C)CCOC(=O)[C@@H](O)CN. The molecule has 5 heteroatoms. The van der Waals surface area contributed by atoms with E-state index in [1.54, 1.807) is 7.11 Å². The summed E-state index contributed by atoms with van der Waals surface area (Å²) in [4.78, 5) is 11.0. The van der Waals surface area contributed by atoms with Crippen molar-refractivity contribution in [3.05, 3.63) is 0 Å². The normalized spacial score (nSPS) is 13.8. The summed E-state index contributed by atoms with van der Waals surface area (Å²) in [6.45, 7) is 3.88. The summed E-state index contributed by atoms with van der Waals surface area (Å²) in [5.41, 5.74) is 4.76. The second-order valence-electron chi connectivity index (χ2n) is 3.63. The molecule has 14 heavy (non-hydrogen) atoms. The molecule has 0 spiro atoms. The number of hydrogen-bond donors (Lipinski definition) is 2. The monoisotopic (exact) mass is 205 g/mol. The summed E-state index contributed by atoms with van der Waals surface area (Å²) in [6.07, 6.45) is -0.646. The average molecular weight is 205 g/mol. The number of ether oxygens (including phenoxy) is 2. The number of esters is 1. The van der Waals surface area contributed by atoms with E-state index < -0.39 is 12.1 Å². The molecular formula is C9H19NO4. The fraction of sp³-hybridized carbons (Fsp3) is 0.889. The van der Waals surface area contributed by atoms with E-state index in [-0.39, 0.29) is 18.8 Å². The Morgan fingerprint density at radius 1 is 1.57 bits per heavy atom. The van der Waals surface area contributed by atoms with E-state index in [1.807, 2.05) is 13.8 Å². The molecule has 0 aliphatic rings. The van der Waals surface area contributed by atoms with Gasteiger partial charge in [-0.1, -0.05) is 0 Å². The highest BCUT2D eigenvalue weighted by Gasteiger charge is 2.19. The van der Waals surface area contributed by atoms with Crippen LogP contribution in [0.5, 0.6) is 0 Å². The van der Waals surface area contributed by atoms with E-state index in [2.05, 4.69) is 0 Å². The molecular weight excluding hydrogens is 186 g/mol. The van der Waals surface area contributed by atoms with Crippen LogP contribution in [0.1, 0.15) is 20.3 Å². The molecule has 0 unspecified atom stereocenters. The third kappa shape index (κ3) is 5.16. The molecule has 3 N–H and O–H groups in total. The summed E-state index contributed by atoms with van der Waals surface area (Å²) in [6, 6.07) is 0. The van der Waals surface area contributed by atoms with Crippen molar-refractivity contribution in [1.29, 1.82) is 0 Å². The molecule has 0 aliphatic carbocycles. The van der Waals surface area contributed by atoms with Gasteiger partial charge in [0.25, 0.3) is 0 Å². The van der Waals surface area contributed by atoms with Gasteiger partial charge in [-0.25, -0.2) is 4.79 Å². The van der Waals surface area contributed by atoms with Gasteiger partial charge in [0.2, 0.25) is 0 Å². The van der Waals surface area contributed by atoms with E-state index in [4.69, 9.17) is 20.3 Å². The third-order valence-corrected chi connectivity index (χ3v) is 2.00. The van der Waals surface area contributed by atoms with Crippen molar-refractivity contribution >= 4 is 5.97 Å². The Bertz CT molecular complexity index is 182. The second-order valence-corrected chi connectivity index (χ2v) is 3.63. The van der Waals surface area contributed by atoms with Crippen molar-refractivity contribution in [2.24, 2.45) is 5.73 Å². The molecule has 0 aromatic rings. The van der Waals surface area contributed by atoms with Gasteiger partial charge in [-0.3, -0.25) is 0 Å². The lowest BCUT2D eigenvalue weighted by Gasteiger charge is -2.22. The van der Waals surface area contributed by atoms with Gasteiger partial charge in [0, 0.05) is 20.1 Å². The van der Waals surface area contributed by atoms with Crippen LogP contribution in [0.3, 0.4) is 0 Å². The van der Waals surface area contributed by atoms with Crippen molar-refractivity contribution in [2.75, 3.05) is 20.3 Å². The van der Waals surface area contributed by atoms with Gasteiger partial charge >= 0.3 is 5.97 Å². The second kappa shape index (κ2) is 5.95. The highest BCUT2D eigenvalue weighted by atomic mass is 16.5. The van der Waals surface area contributed by atoms with E-state index in [0.29, 0.717) is 6.42 Å². The Kier molecular flexibility index (Phi) is 5.68. The van der Waals surface area contributed by atoms with Crippen molar-refractivity contribution in [3.63, 3.8) is 0 Å². The lowest BCUT2D eigenvalue weighted by molar-refractivity contribution is -0.154. The van der Waals surface area contributed by atoms with Gasteiger partial charge in [0.1, 0.15) is 0 Å². The maximum Gasteiger partial charge on any atom is 0.336 e. The Morgan fingerprint density at radius 3 is 2.57 bits per heavy atom. The van der Waals surface area contributed by atoms with Crippen LogP contribution in [0.25, 0.3) is 0 Å². The molecule has 0 amide bonds. The van der Waals surface area contributed by atoms with E-state index in [1.165, 1.54) is 0 Å². The van der Waals surface area contributed by atoms with E-state index in [0.717, 1.165) is 0 Å². The van der Waals surface area contributed by atoms with Gasteiger partial charge in [-0.05, 0) is 13.8 Å². The predicted octanol–water partition coefficient (Wildman–Crippen LogP) is -0.336. The zero-order valence-electron chi connectivity index (χ0n) is 8.95. The minimum Gasteiger partial charge on any atom is -0.464 e. The molecule has 0 aromatic heterocycles. The zero-order valence-corrected chi connectivity index (χ0v) is 8.95. The molecule has 0 aromatic carbocycles. The van der Waals surface area contributed by atoms with Gasteiger partial charge in [-0.15, -0.1) is 0 Å². The van der Waals surface area contributed by atoms with Crippen molar-refractivity contribution in [2.45, 2.75) is 32.0 Å². The van der Waals surface area contributed by atoms with E-state index >= 15 is 0 Å². The van der Waals surface area contributed by atoms with Crippen LogP contribution >= 0.6 is 0 Å². The molecule has 0 saturated heterocycles. The Hall–Kier alpha value is -0.650. The number of aliphatic hydroxyl groups is 1. The summed E-state index contributed by atoms with van der Waals surface area (Å²) in [5, 5.41) is 8.98. The minimum atomic E-state index is -1.22. The molecule has 0 bridgehead atoms. The Balaban J connectivity index is 3.69. The Labute approximate surface area is 84.2 Å². The first-order chi connectivity index (χ1) is 6.43. The van der Waals surface area contributed by atoms with Crippen molar-refractivity contribution < 1.29 is 19.4 Å². The molecule has 0 fully saturated rings. The number of carbonyl (C=O) groups is 1. The number of carbonyl (C=O) groups excluding carboxylic acids is 1. The molecule has 0 saturated carbocycles. The van der Waals surface area contributed by atoms with Crippen LogP contribution in [-0.2, 0) is 14.3 Å². The maximum absolute atomic E-state index is 11.0. The lowest BCUT2D eigenvalue weighted by atomic mass is 10.1.